The average Bonchev–Trinajstić information content (AvgIpc) is 1.99. The van der Waals surface area contributed by atoms with Gasteiger partial charge in [-0.15, -0.1) is 0 Å². The van der Waals surface area contributed by atoms with Crippen LogP contribution in [0, 0.1) is 0 Å². The maximum absolute atomic E-state index is 8.71. The van der Waals surface area contributed by atoms with Crippen LogP contribution in [-0.2, 0) is 4.74 Å². The molecule has 10 heavy (non-hydrogen) atoms. The van der Waals surface area contributed by atoms with Gasteiger partial charge in [0.05, 0.1) is 13.2 Å². The predicted molar refractivity (Wildman–Crippen MR) is 35.7 cm³/mol. The summed E-state index contributed by atoms with van der Waals surface area (Å²) < 4.78 is 4.67. The van der Waals surface area contributed by atoms with Crippen LogP contribution in [0.1, 0.15) is 0 Å². The molecule has 4 nitrogen and oxygen atoms in total. The van der Waals surface area contributed by atoms with E-state index in [1.807, 2.05) is 0 Å². The van der Waals surface area contributed by atoms with Gasteiger partial charge in [-0.1, -0.05) is 0 Å². The lowest BCUT2D eigenvalue weighted by Crippen LogP contribution is -2.13. The Morgan fingerprint density at radius 1 is 1.60 bits per heavy atom. The number of hydrogen-bond acceptors (Lipinski definition) is 4. The first kappa shape index (κ1) is 9.42. The van der Waals surface area contributed by atoms with Crippen molar-refractivity contribution >= 4 is 0 Å². The molecule has 0 radical (unpaired) electrons. The minimum absolute atomic E-state index is 0.194. The summed E-state index contributed by atoms with van der Waals surface area (Å²) >= 11 is 0. The molecule has 0 fully saturated rings. The van der Waals surface area contributed by atoms with E-state index in [4.69, 9.17) is 15.3 Å². The van der Waals surface area contributed by atoms with Gasteiger partial charge in [-0.2, -0.15) is 0 Å². The number of methoxy groups -OCH3 is 1. The van der Waals surface area contributed by atoms with E-state index < -0.39 is 12.7 Å². The molecule has 0 unspecified atom stereocenters. The molecule has 3 N–H and O–H groups in total. The summed E-state index contributed by atoms with van der Waals surface area (Å²) in [6.45, 7) is -0.638. The summed E-state index contributed by atoms with van der Waals surface area (Å²) in [6.07, 6.45) is 0.715. The Bertz CT molecular complexity index is 106. The van der Waals surface area contributed by atoms with Crippen LogP contribution in [0.5, 0.6) is 0 Å². The van der Waals surface area contributed by atoms with E-state index in [0.717, 1.165) is 0 Å². The summed E-state index contributed by atoms with van der Waals surface area (Å²) in [4.78, 5) is 0. The molecule has 4 heteroatoms. The van der Waals surface area contributed by atoms with Crippen LogP contribution in [0.15, 0.2) is 11.8 Å². The average molecular weight is 148 g/mol. The van der Waals surface area contributed by atoms with Gasteiger partial charge in [-0.3, -0.25) is 0 Å². The highest BCUT2D eigenvalue weighted by Gasteiger charge is 2.01. The second-order valence-corrected chi connectivity index (χ2v) is 1.77. The van der Waals surface area contributed by atoms with Crippen LogP contribution in [0.3, 0.4) is 0 Å². The van der Waals surface area contributed by atoms with E-state index in [1.165, 1.54) is 13.2 Å². The van der Waals surface area contributed by atoms with E-state index in [-0.39, 0.29) is 12.4 Å². The monoisotopic (exact) mass is 148 g/mol. The normalized spacial score (nSPS) is 15.3. The third-order valence-electron chi connectivity index (χ3n) is 1.02. The maximum atomic E-state index is 8.71. The molecule has 0 aliphatic heterocycles. The molecule has 0 aromatic carbocycles. The number of ether oxygens (including phenoxy) is 1. The highest BCUT2D eigenvalue weighted by molar-refractivity contribution is 4.95. The third-order valence-corrected chi connectivity index (χ3v) is 1.02. The van der Waals surface area contributed by atoms with E-state index in [9.17, 15) is 0 Å². The van der Waals surface area contributed by atoms with Crippen LogP contribution in [-0.4, -0.2) is 41.7 Å². The highest BCUT2D eigenvalue weighted by atomic mass is 16.5. The Morgan fingerprint density at radius 2 is 2.20 bits per heavy atom. The van der Waals surface area contributed by atoms with E-state index in [2.05, 4.69) is 4.74 Å². The first-order valence-corrected chi connectivity index (χ1v) is 2.88. The number of rotatable bonds is 4. The van der Waals surface area contributed by atoms with E-state index >= 15 is 0 Å². The van der Waals surface area contributed by atoms with Crippen molar-refractivity contribution in [2.45, 2.75) is 6.10 Å². The van der Waals surface area contributed by atoms with Crippen molar-refractivity contribution < 1.29 is 20.1 Å². The largest absolute Gasteiger partial charge is 0.510 e. The van der Waals surface area contributed by atoms with Crippen LogP contribution in [0.25, 0.3) is 0 Å². The SMILES string of the molecule is CO[C@@H](C=C(O)CO)CO. The molecule has 60 valence electrons. The molecule has 0 bridgehead atoms. The Labute approximate surface area is 59.4 Å². The standard InChI is InChI=1S/C6H12O4/c1-10-6(4-8)2-5(9)3-7/h2,6-9H,3-4H2,1H3/t6-/m0/s1. The van der Waals surface area contributed by atoms with Crippen molar-refractivity contribution in [2.75, 3.05) is 20.3 Å². The molecule has 0 saturated heterocycles. The predicted octanol–water partition coefficient (Wildman–Crippen LogP) is -0.572. The van der Waals surface area contributed by atoms with Crippen molar-refractivity contribution in [3.8, 4) is 0 Å². The Balaban J connectivity index is 3.80. The van der Waals surface area contributed by atoms with Gasteiger partial charge in [0.15, 0.2) is 0 Å². The first-order chi connectivity index (χ1) is 4.74. The lowest BCUT2D eigenvalue weighted by Gasteiger charge is -2.06. The van der Waals surface area contributed by atoms with Gasteiger partial charge in [0, 0.05) is 7.11 Å². The molecule has 0 spiro atoms. The second-order valence-electron chi connectivity index (χ2n) is 1.77. The summed E-state index contributed by atoms with van der Waals surface area (Å²) in [5.41, 5.74) is 0. The zero-order chi connectivity index (χ0) is 7.98. The van der Waals surface area contributed by atoms with Crippen LogP contribution in [0.2, 0.25) is 0 Å². The molecule has 1 atom stereocenters. The first-order valence-electron chi connectivity index (χ1n) is 2.88. The van der Waals surface area contributed by atoms with Gasteiger partial charge in [0.25, 0.3) is 0 Å². The molecule has 0 aliphatic carbocycles. The summed E-state index contributed by atoms with van der Waals surface area (Å²) in [7, 11) is 1.40. The fraction of sp³-hybridized carbons (Fsp3) is 0.667. The molecule has 0 saturated carbocycles. The molecule has 0 aromatic heterocycles. The lowest BCUT2D eigenvalue weighted by molar-refractivity contribution is 0.0782. The summed E-state index contributed by atoms with van der Waals surface area (Å²) in [5.74, 6) is -0.194. The molecule has 0 heterocycles. The van der Waals surface area contributed by atoms with Crippen molar-refractivity contribution in [2.24, 2.45) is 0 Å². The van der Waals surface area contributed by atoms with Gasteiger partial charge < -0.3 is 20.1 Å². The third kappa shape index (κ3) is 3.45. The van der Waals surface area contributed by atoms with Gasteiger partial charge >= 0.3 is 0 Å². The molecule has 0 amide bonds. The smallest absolute Gasteiger partial charge is 0.116 e. The van der Waals surface area contributed by atoms with Crippen molar-refractivity contribution in [1.29, 1.82) is 0 Å². The topological polar surface area (TPSA) is 69.9 Å². The zero-order valence-electron chi connectivity index (χ0n) is 5.82. The number of hydrogen-bond donors (Lipinski definition) is 3. The second kappa shape index (κ2) is 5.22. The number of aliphatic hydroxyl groups excluding tert-OH is 3. The number of aliphatic hydroxyl groups is 3. The molecule has 0 rings (SSSR count). The Kier molecular flexibility index (Phi) is 4.92. The van der Waals surface area contributed by atoms with Crippen molar-refractivity contribution in [3.63, 3.8) is 0 Å². The lowest BCUT2D eigenvalue weighted by atomic mass is 10.3. The van der Waals surface area contributed by atoms with Gasteiger partial charge in [0.1, 0.15) is 11.9 Å². The minimum atomic E-state index is -0.535. The van der Waals surface area contributed by atoms with Gasteiger partial charge in [0.2, 0.25) is 0 Å². The Morgan fingerprint density at radius 3 is 2.50 bits per heavy atom. The van der Waals surface area contributed by atoms with Gasteiger partial charge in [-0.05, 0) is 6.08 Å². The van der Waals surface area contributed by atoms with Crippen LogP contribution < -0.4 is 0 Å². The summed E-state index contributed by atoms with van der Waals surface area (Å²) in [5, 5.41) is 25.5. The highest BCUT2D eigenvalue weighted by Crippen LogP contribution is 1.94. The van der Waals surface area contributed by atoms with Crippen LogP contribution >= 0.6 is 0 Å². The quantitative estimate of drug-likeness (QED) is 0.467. The fourth-order valence-electron chi connectivity index (χ4n) is 0.463. The molecule has 0 aromatic rings. The van der Waals surface area contributed by atoms with E-state index in [1.54, 1.807) is 0 Å². The van der Waals surface area contributed by atoms with Crippen molar-refractivity contribution in [3.05, 3.63) is 11.8 Å². The van der Waals surface area contributed by atoms with Crippen LogP contribution in [0.4, 0.5) is 0 Å². The van der Waals surface area contributed by atoms with Gasteiger partial charge in [-0.25, -0.2) is 0 Å². The fourth-order valence-corrected chi connectivity index (χ4v) is 0.463. The summed E-state index contributed by atoms with van der Waals surface area (Å²) in [6, 6.07) is 0. The molecular weight excluding hydrogens is 136 g/mol. The maximum Gasteiger partial charge on any atom is 0.116 e. The Hall–Kier alpha value is -0.580. The molecular formula is C6H12O4. The molecule has 0 aliphatic rings. The van der Waals surface area contributed by atoms with E-state index in [0.29, 0.717) is 0 Å². The minimum Gasteiger partial charge on any atom is -0.510 e. The van der Waals surface area contributed by atoms with Crippen molar-refractivity contribution in [1.82, 2.24) is 0 Å². The zero-order valence-corrected chi connectivity index (χ0v) is 5.82.